The molecule has 0 radical (unpaired) electrons. The van der Waals surface area contributed by atoms with E-state index in [9.17, 15) is 0 Å². The highest BCUT2D eigenvalue weighted by Gasteiger charge is 2.33. The highest BCUT2D eigenvalue weighted by Crippen LogP contribution is 2.57. The number of benzene rings is 7. The average molecular weight is 650 g/mol. The number of allylic oxidation sites excluding steroid dienone is 6. The van der Waals surface area contributed by atoms with Gasteiger partial charge in [-0.25, -0.2) is 0 Å². The minimum absolute atomic E-state index is 0.873. The number of hydrogen-bond donors (Lipinski definition) is 0. The van der Waals surface area contributed by atoms with Crippen molar-refractivity contribution < 1.29 is 4.42 Å². The van der Waals surface area contributed by atoms with E-state index < -0.39 is 0 Å². The molecule has 0 N–H and O–H groups in total. The van der Waals surface area contributed by atoms with E-state index in [-0.39, 0.29) is 0 Å². The summed E-state index contributed by atoms with van der Waals surface area (Å²) in [6.45, 7) is 0. The van der Waals surface area contributed by atoms with E-state index in [1.807, 2.05) is 6.07 Å². The summed E-state index contributed by atoms with van der Waals surface area (Å²) in [6, 6.07) is 57.2. The van der Waals surface area contributed by atoms with E-state index in [0.29, 0.717) is 0 Å². The summed E-state index contributed by atoms with van der Waals surface area (Å²) in [5.41, 5.74) is 20.3. The lowest BCUT2D eigenvalue weighted by atomic mass is 9.82. The standard InChI is InChI=1S/C49H31NO/c1-2-14-31(15-3-1)33-16-8-10-25-44(33)50(45-26-13-24-42-36-18-9-11-27-46(36)51-49(42)45)32-28-29-35-39-22-12-23-41-40-21-7-6-20-38(48(40)43(35)30-32)34-17-4-5-19-37(34)47(39)41/h1-19,21-30H,20H2. The second-order valence-corrected chi connectivity index (χ2v) is 13.5. The second kappa shape index (κ2) is 10.9. The molecule has 51 heavy (non-hydrogen) atoms. The molecule has 238 valence electrons. The maximum atomic E-state index is 6.73. The van der Waals surface area contributed by atoms with Gasteiger partial charge in [0.05, 0.1) is 11.4 Å². The Labute approximate surface area is 296 Å². The Morgan fingerprint density at radius 2 is 1.20 bits per heavy atom. The van der Waals surface area contributed by atoms with Crippen molar-refractivity contribution in [1.29, 1.82) is 0 Å². The van der Waals surface area contributed by atoms with Crippen LogP contribution in [0.15, 0.2) is 180 Å². The van der Waals surface area contributed by atoms with Crippen LogP contribution in [-0.4, -0.2) is 0 Å². The molecule has 0 atom stereocenters. The van der Waals surface area contributed by atoms with Crippen molar-refractivity contribution in [3.05, 3.63) is 193 Å². The van der Waals surface area contributed by atoms with Gasteiger partial charge in [-0.3, -0.25) is 0 Å². The summed E-state index contributed by atoms with van der Waals surface area (Å²) in [4.78, 5) is 2.41. The summed E-state index contributed by atoms with van der Waals surface area (Å²) in [5, 5.41) is 2.23. The first-order valence-electron chi connectivity index (χ1n) is 17.7. The minimum Gasteiger partial charge on any atom is -0.454 e. The number of hydrogen-bond acceptors (Lipinski definition) is 2. The van der Waals surface area contributed by atoms with Gasteiger partial charge in [-0.2, -0.15) is 0 Å². The second-order valence-electron chi connectivity index (χ2n) is 13.5. The van der Waals surface area contributed by atoms with Gasteiger partial charge >= 0.3 is 0 Å². The van der Waals surface area contributed by atoms with E-state index in [0.717, 1.165) is 51.0 Å². The highest BCUT2D eigenvalue weighted by molar-refractivity contribution is 6.25. The van der Waals surface area contributed by atoms with Crippen molar-refractivity contribution in [3.8, 4) is 33.4 Å². The lowest BCUT2D eigenvalue weighted by Crippen LogP contribution is -2.12. The van der Waals surface area contributed by atoms with Gasteiger partial charge in [0.15, 0.2) is 5.58 Å². The van der Waals surface area contributed by atoms with Crippen LogP contribution < -0.4 is 4.90 Å². The molecule has 8 aromatic rings. The summed E-state index contributed by atoms with van der Waals surface area (Å²) in [6.07, 6.45) is 7.75. The van der Waals surface area contributed by atoms with Crippen molar-refractivity contribution in [2.45, 2.75) is 6.42 Å². The maximum absolute atomic E-state index is 6.73. The monoisotopic (exact) mass is 649 g/mol. The molecule has 6 bridgehead atoms. The van der Waals surface area contributed by atoms with Crippen LogP contribution in [0.1, 0.15) is 23.1 Å². The van der Waals surface area contributed by atoms with E-state index in [1.165, 1.54) is 61.2 Å². The van der Waals surface area contributed by atoms with Crippen molar-refractivity contribution in [1.82, 2.24) is 0 Å². The molecule has 1 aromatic heterocycles. The van der Waals surface area contributed by atoms with Crippen LogP contribution in [0.5, 0.6) is 0 Å². The Morgan fingerprint density at radius 3 is 2.12 bits per heavy atom. The fourth-order valence-electron chi connectivity index (χ4n) is 8.69. The number of fused-ring (bicyclic) bond motifs is 7. The number of para-hydroxylation sites is 3. The topological polar surface area (TPSA) is 16.4 Å². The van der Waals surface area contributed by atoms with Gasteiger partial charge in [-0.1, -0.05) is 146 Å². The molecule has 2 nitrogen and oxygen atoms in total. The van der Waals surface area contributed by atoms with E-state index in [4.69, 9.17) is 4.42 Å². The minimum atomic E-state index is 0.873. The van der Waals surface area contributed by atoms with Crippen LogP contribution in [0.25, 0.3) is 72.0 Å². The van der Waals surface area contributed by atoms with E-state index >= 15 is 0 Å². The first kappa shape index (κ1) is 28.2. The summed E-state index contributed by atoms with van der Waals surface area (Å²) < 4.78 is 6.73. The smallest absolute Gasteiger partial charge is 0.159 e. The third-order valence-electron chi connectivity index (χ3n) is 10.8. The van der Waals surface area contributed by atoms with Crippen LogP contribution in [0.3, 0.4) is 0 Å². The predicted molar refractivity (Wildman–Crippen MR) is 213 cm³/mol. The first-order valence-corrected chi connectivity index (χ1v) is 17.7. The van der Waals surface area contributed by atoms with Crippen LogP contribution in [0, 0.1) is 0 Å². The molecule has 0 saturated heterocycles. The molecule has 0 aliphatic heterocycles. The molecule has 0 spiro atoms. The zero-order valence-corrected chi connectivity index (χ0v) is 27.8. The molecule has 2 heteroatoms. The maximum Gasteiger partial charge on any atom is 0.159 e. The molecule has 3 aliphatic carbocycles. The Balaban J connectivity index is 1.24. The molecule has 0 fully saturated rings. The van der Waals surface area contributed by atoms with E-state index in [1.54, 1.807) is 0 Å². The molecule has 0 amide bonds. The van der Waals surface area contributed by atoms with Crippen molar-refractivity contribution in [2.75, 3.05) is 4.90 Å². The molecule has 7 aromatic carbocycles. The summed E-state index contributed by atoms with van der Waals surface area (Å²) in [7, 11) is 0. The Kier molecular flexibility index (Phi) is 6.05. The zero-order valence-electron chi connectivity index (χ0n) is 27.8. The molecule has 1 heterocycles. The van der Waals surface area contributed by atoms with Crippen LogP contribution in [0.4, 0.5) is 17.1 Å². The average Bonchev–Trinajstić information content (AvgIpc) is 3.34. The quantitative estimate of drug-likeness (QED) is 0.189. The zero-order chi connectivity index (χ0) is 33.5. The summed E-state index contributed by atoms with van der Waals surface area (Å²) >= 11 is 0. The van der Waals surface area contributed by atoms with Crippen molar-refractivity contribution >= 4 is 55.7 Å². The number of furan rings is 1. The fourth-order valence-corrected chi connectivity index (χ4v) is 8.69. The molecular weight excluding hydrogens is 619 g/mol. The molecular formula is C49H31NO. The van der Waals surface area contributed by atoms with Gasteiger partial charge < -0.3 is 9.32 Å². The fraction of sp³-hybridized carbons (Fsp3) is 0.0204. The lowest BCUT2D eigenvalue weighted by molar-refractivity contribution is 0.669. The van der Waals surface area contributed by atoms with Crippen LogP contribution in [-0.2, 0) is 0 Å². The highest BCUT2D eigenvalue weighted by atomic mass is 16.3. The predicted octanol–water partition coefficient (Wildman–Crippen LogP) is 13.6. The molecule has 0 saturated carbocycles. The largest absolute Gasteiger partial charge is 0.454 e. The van der Waals surface area contributed by atoms with Gasteiger partial charge in [-0.15, -0.1) is 0 Å². The van der Waals surface area contributed by atoms with Gasteiger partial charge in [0.2, 0.25) is 0 Å². The van der Waals surface area contributed by atoms with Gasteiger partial charge in [-0.05, 0) is 98.0 Å². The van der Waals surface area contributed by atoms with Crippen molar-refractivity contribution in [3.63, 3.8) is 0 Å². The molecule has 0 unspecified atom stereocenters. The third kappa shape index (κ3) is 4.11. The first-order chi connectivity index (χ1) is 25.3. The number of nitrogens with zero attached hydrogens (tertiary/aromatic N) is 1. The Morgan fingerprint density at radius 1 is 0.490 bits per heavy atom. The van der Waals surface area contributed by atoms with Crippen LogP contribution in [0.2, 0.25) is 0 Å². The van der Waals surface area contributed by atoms with Crippen molar-refractivity contribution in [2.24, 2.45) is 0 Å². The molecule has 3 aliphatic rings. The van der Waals surface area contributed by atoms with E-state index in [2.05, 4.69) is 175 Å². The SMILES string of the molecule is C1=CCC2=C3C(=C1)c1cccc(c1-c1ccccc12)-c1ccc(N(c2ccccc2-c2ccccc2)c2cccc4c2oc2ccccc24)cc13. The Hall–Kier alpha value is -6.64. The van der Waals surface area contributed by atoms with Gasteiger partial charge in [0, 0.05) is 22.0 Å². The number of anilines is 3. The van der Waals surface area contributed by atoms with Crippen LogP contribution >= 0.6 is 0 Å². The van der Waals surface area contributed by atoms with Gasteiger partial charge in [0.25, 0.3) is 0 Å². The number of rotatable bonds is 4. The third-order valence-corrected chi connectivity index (χ3v) is 10.8. The normalized spacial score (nSPS) is 13.8. The molecule has 11 rings (SSSR count). The summed E-state index contributed by atoms with van der Waals surface area (Å²) in [5.74, 6) is 0. The lowest BCUT2D eigenvalue weighted by Gasteiger charge is -2.29. The Bertz CT molecular complexity index is 2830. The van der Waals surface area contributed by atoms with Gasteiger partial charge in [0.1, 0.15) is 5.58 Å².